The molecule has 0 aliphatic carbocycles. The smallest absolute Gasteiger partial charge is 0.377 e. The Kier molecular flexibility index (Phi) is 5.04. The molecule has 152 valence electrons. The minimum atomic E-state index is -4.42. The second-order valence-electron chi connectivity index (χ2n) is 6.96. The van der Waals surface area contributed by atoms with E-state index in [2.05, 4.69) is 9.97 Å². The average molecular weight is 415 g/mol. The zero-order valence-electron chi connectivity index (χ0n) is 15.2. The molecule has 4 heterocycles. The van der Waals surface area contributed by atoms with E-state index in [0.29, 0.717) is 30.5 Å². The van der Waals surface area contributed by atoms with Crippen LogP contribution in [0.3, 0.4) is 0 Å². The van der Waals surface area contributed by atoms with Crippen molar-refractivity contribution in [2.24, 2.45) is 0 Å². The first-order valence-corrected chi connectivity index (χ1v) is 9.89. The van der Waals surface area contributed by atoms with Crippen LogP contribution in [0.2, 0.25) is 0 Å². The number of morpholine rings is 1. The third-order valence-corrected chi connectivity index (χ3v) is 5.85. The molecule has 0 saturated carbocycles. The molecular formula is C17H20F3N5O2S. The zero-order valence-corrected chi connectivity index (χ0v) is 16.0. The van der Waals surface area contributed by atoms with Gasteiger partial charge in [0.15, 0.2) is 0 Å². The van der Waals surface area contributed by atoms with Crippen LogP contribution in [0.15, 0.2) is 22.6 Å². The molecule has 7 nitrogen and oxygen atoms in total. The molecule has 28 heavy (non-hydrogen) atoms. The van der Waals surface area contributed by atoms with Crippen molar-refractivity contribution in [3.05, 3.63) is 33.0 Å². The van der Waals surface area contributed by atoms with Crippen molar-refractivity contribution in [3.63, 3.8) is 0 Å². The Hall–Kier alpha value is -2.14. The van der Waals surface area contributed by atoms with Crippen molar-refractivity contribution in [1.82, 2.24) is 14.5 Å². The topological polar surface area (TPSA) is 63.5 Å². The molecule has 2 atom stereocenters. The number of hydrogen-bond acceptors (Lipinski definition) is 7. The van der Waals surface area contributed by atoms with Gasteiger partial charge in [-0.05, 0) is 13.3 Å². The number of fused-ring (bicyclic) bond motifs is 1. The molecule has 1 fully saturated rings. The fourth-order valence-electron chi connectivity index (χ4n) is 3.68. The molecule has 0 N–H and O–H groups in total. The molecule has 1 saturated heterocycles. The zero-order chi connectivity index (χ0) is 19.9. The van der Waals surface area contributed by atoms with Gasteiger partial charge in [0.2, 0.25) is 5.95 Å². The van der Waals surface area contributed by atoms with E-state index in [-0.39, 0.29) is 37.1 Å². The molecule has 0 spiro atoms. The number of aromatic nitrogens is 3. The Morgan fingerprint density at radius 2 is 2.18 bits per heavy atom. The molecule has 0 radical (unpaired) electrons. The van der Waals surface area contributed by atoms with Crippen LogP contribution < -0.4 is 15.4 Å². The van der Waals surface area contributed by atoms with E-state index in [9.17, 15) is 18.0 Å². The Morgan fingerprint density at radius 1 is 1.36 bits per heavy atom. The van der Waals surface area contributed by atoms with Crippen molar-refractivity contribution in [2.75, 3.05) is 29.6 Å². The third-order valence-electron chi connectivity index (χ3n) is 5.08. The van der Waals surface area contributed by atoms with Gasteiger partial charge in [0.25, 0.3) is 5.56 Å². The van der Waals surface area contributed by atoms with Crippen LogP contribution in [-0.2, 0) is 17.8 Å². The van der Waals surface area contributed by atoms with Crippen LogP contribution in [-0.4, -0.2) is 52.6 Å². The van der Waals surface area contributed by atoms with Crippen LogP contribution in [0.5, 0.6) is 0 Å². The summed E-state index contributed by atoms with van der Waals surface area (Å²) in [7, 11) is 0. The predicted molar refractivity (Wildman–Crippen MR) is 98.9 cm³/mol. The van der Waals surface area contributed by atoms with Gasteiger partial charge in [0, 0.05) is 30.2 Å². The third kappa shape index (κ3) is 3.60. The molecule has 0 aromatic carbocycles. The van der Waals surface area contributed by atoms with Crippen molar-refractivity contribution in [1.29, 1.82) is 0 Å². The van der Waals surface area contributed by atoms with Crippen LogP contribution in [0.1, 0.15) is 18.2 Å². The minimum absolute atomic E-state index is 0.00337. The number of halogens is 3. The molecule has 2 aromatic rings. The molecule has 0 amide bonds. The Balaban J connectivity index is 1.78. The maximum atomic E-state index is 13.7. The predicted octanol–water partition coefficient (Wildman–Crippen LogP) is 2.27. The van der Waals surface area contributed by atoms with E-state index >= 15 is 0 Å². The minimum Gasteiger partial charge on any atom is -0.377 e. The summed E-state index contributed by atoms with van der Waals surface area (Å²) in [6.07, 6.45) is -3.07. The van der Waals surface area contributed by atoms with Crippen molar-refractivity contribution in [3.8, 4) is 0 Å². The summed E-state index contributed by atoms with van der Waals surface area (Å²) >= 11 is 1.28. The Morgan fingerprint density at radius 3 is 2.86 bits per heavy atom. The summed E-state index contributed by atoms with van der Waals surface area (Å²) in [6, 6.07) is -0.302. The van der Waals surface area contributed by atoms with Crippen LogP contribution in [0.4, 0.5) is 24.9 Å². The highest BCUT2D eigenvalue weighted by molar-refractivity contribution is 7.09. The summed E-state index contributed by atoms with van der Waals surface area (Å²) in [4.78, 5) is 24.9. The molecule has 4 rings (SSSR count). The summed E-state index contributed by atoms with van der Waals surface area (Å²) in [5.41, 5.74) is 1.24. The van der Waals surface area contributed by atoms with Gasteiger partial charge < -0.3 is 14.5 Å². The lowest BCUT2D eigenvalue weighted by Crippen LogP contribution is -2.52. The SMILES string of the molecule is C[C@@H]1COCCN1c1cc(=O)n2c(n1)N(Cc1cncs1)[C@H](C(F)(F)F)CC2. The van der Waals surface area contributed by atoms with E-state index in [1.807, 2.05) is 11.8 Å². The quantitative estimate of drug-likeness (QED) is 0.767. The molecule has 2 aromatic heterocycles. The van der Waals surface area contributed by atoms with Gasteiger partial charge in [-0.2, -0.15) is 18.2 Å². The van der Waals surface area contributed by atoms with Gasteiger partial charge >= 0.3 is 6.18 Å². The fourth-order valence-corrected chi connectivity index (χ4v) is 4.27. The lowest BCUT2D eigenvalue weighted by molar-refractivity contribution is -0.153. The van der Waals surface area contributed by atoms with E-state index in [4.69, 9.17) is 4.74 Å². The Bertz CT molecular complexity index is 886. The molecule has 2 aliphatic rings. The van der Waals surface area contributed by atoms with Gasteiger partial charge in [-0.15, -0.1) is 11.3 Å². The second kappa shape index (κ2) is 7.36. The van der Waals surface area contributed by atoms with Gasteiger partial charge in [0.1, 0.15) is 11.9 Å². The van der Waals surface area contributed by atoms with Crippen LogP contribution in [0, 0.1) is 0 Å². The summed E-state index contributed by atoms with van der Waals surface area (Å²) in [5, 5.41) is 0. The standard InChI is InChI=1S/C17H20F3N5O2S/c1-11-9-27-5-4-23(11)14-6-15(26)24-3-2-13(17(18,19)20)25(16(24)22-14)8-12-7-21-10-28-12/h6-7,10-11,13H,2-5,8-9H2,1H3/t11-,13+/m1/s1. The van der Waals surface area contributed by atoms with E-state index in [1.54, 1.807) is 11.7 Å². The highest BCUT2D eigenvalue weighted by Gasteiger charge is 2.47. The maximum absolute atomic E-state index is 13.7. The summed E-state index contributed by atoms with van der Waals surface area (Å²) < 4.78 is 48.0. The van der Waals surface area contributed by atoms with Crippen LogP contribution >= 0.6 is 11.3 Å². The summed E-state index contributed by atoms with van der Waals surface area (Å²) in [6.45, 7) is 3.43. The number of thiazole rings is 1. The first-order chi connectivity index (χ1) is 13.3. The number of nitrogens with zero attached hydrogens (tertiary/aromatic N) is 5. The van der Waals surface area contributed by atoms with Gasteiger partial charge in [-0.25, -0.2) is 0 Å². The number of alkyl halides is 3. The lowest BCUT2D eigenvalue weighted by atomic mass is 10.1. The number of rotatable bonds is 3. The van der Waals surface area contributed by atoms with Gasteiger partial charge in [-0.3, -0.25) is 14.3 Å². The van der Waals surface area contributed by atoms with Gasteiger partial charge in [0.05, 0.1) is 31.3 Å². The first kappa shape index (κ1) is 19.2. The molecule has 11 heteroatoms. The van der Waals surface area contributed by atoms with Crippen molar-refractivity contribution < 1.29 is 17.9 Å². The molecule has 0 unspecified atom stereocenters. The normalized spacial score (nSPS) is 23.0. The monoisotopic (exact) mass is 415 g/mol. The number of hydrogen-bond donors (Lipinski definition) is 0. The highest BCUT2D eigenvalue weighted by atomic mass is 32.1. The van der Waals surface area contributed by atoms with E-state index in [1.165, 1.54) is 26.9 Å². The van der Waals surface area contributed by atoms with Crippen molar-refractivity contribution in [2.45, 2.75) is 44.7 Å². The summed E-state index contributed by atoms with van der Waals surface area (Å²) in [5.74, 6) is 0.451. The molecule has 2 aliphatic heterocycles. The maximum Gasteiger partial charge on any atom is 0.408 e. The fraction of sp³-hybridized carbons (Fsp3) is 0.588. The van der Waals surface area contributed by atoms with Crippen molar-refractivity contribution >= 4 is 23.1 Å². The van der Waals surface area contributed by atoms with E-state index in [0.717, 1.165) is 0 Å². The first-order valence-electron chi connectivity index (χ1n) is 9.01. The average Bonchev–Trinajstić information content (AvgIpc) is 3.14. The lowest BCUT2D eigenvalue weighted by Gasteiger charge is -2.40. The highest BCUT2D eigenvalue weighted by Crippen LogP contribution is 2.35. The van der Waals surface area contributed by atoms with Crippen LogP contribution in [0.25, 0.3) is 0 Å². The van der Waals surface area contributed by atoms with Gasteiger partial charge in [-0.1, -0.05) is 0 Å². The number of ether oxygens (including phenoxy) is 1. The van der Waals surface area contributed by atoms with E-state index < -0.39 is 12.2 Å². The second-order valence-corrected chi connectivity index (χ2v) is 7.93. The number of anilines is 2. The molecule has 0 bridgehead atoms. The largest absolute Gasteiger partial charge is 0.408 e. The molecular weight excluding hydrogens is 395 g/mol. The Labute approximate surface area is 163 Å².